The molecule has 1 heterocycles. The van der Waals surface area contributed by atoms with Gasteiger partial charge in [-0.15, -0.1) is 0 Å². The maximum atomic E-state index is 12.8. The minimum absolute atomic E-state index is 0.0361. The molecule has 2 aromatic carbocycles. The smallest absolute Gasteiger partial charge is 0.332 e. The van der Waals surface area contributed by atoms with Crippen LogP contribution in [0.3, 0.4) is 0 Å². The van der Waals surface area contributed by atoms with Crippen LogP contribution in [-0.2, 0) is 9.53 Å². The van der Waals surface area contributed by atoms with Crippen LogP contribution in [0.15, 0.2) is 59.6 Å². The maximum absolute atomic E-state index is 12.8. The van der Waals surface area contributed by atoms with E-state index in [1.807, 2.05) is 75.4 Å². The largest absolute Gasteiger partial charge is 0.497 e. The predicted molar refractivity (Wildman–Crippen MR) is 103 cm³/mol. The number of nitrogens with zero attached hydrogens (tertiary/aromatic N) is 1. The van der Waals surface area contributed by atoms with Gasteiger partial charge < -0.3 is 9.47 Å². The van der Waals surface area contributed by atoms with Gasteiger partial charge in [-0.2, -0.15) is 0 Å². The number of methoxy groups -OCH3 is 1. The van der Waals surface area contributed by atoms with Gasteiger partial charge in [0.05, 0.1) is 7.11 Å². The molecule has 0 unspecified atom stereocenters. The molecule has 0 aromatic heterocycles. The SMILES string of the molecule is COc1ccc([C@H]2CC(c3ccccc3)=N[C@@H]2C(=O)OC(C)(C)C)cc1. The van der Waals surface area contributed by atoms with Crippen LogP contribution >= 0.6 is 0 Å². The lowest BCUT2D eigenvalue weighted by atomic mass is 9.89. The lowest BCUT2D eigenvalue weighted by molar-refractivity contribution is -0.156. The zero-order chi connectivity index (χ0) is 18.7. The molecule has 26 heavy (non-hydrogen) atoms. The summed E-state index contributed by atoms with van der Waals surface area (Å²) in [6.07, 6.45) is 0.709. The Balaban J connectivity index is 1.92. The summed E-state index contributed by atoms with van der Waals surface area (Å²) in [7, 11) is 1.64. The first-order chi connectivity index (χ1) is 12.4. The standard InChI is InChI=1S/C22H25NO3/c1-22(2,3)26-21(24)20-18(15-10-12-17(25-4)13-11-15)14-19(23-20)16-8-6-5-7-9-16/h5-13,18,20H,14H2,1-4H3/t18-,20+/m1/s1. The first-order valence-electron chi connectivity index (χ1n) is 8.86. The summed E-state index contributed by atoms with van der Waals surface area (Å²) < 4.78 is 10.9. The number of carbonyl (C=O) groups excluding carboxylic acids is 1. The van der Waals surface area contributed by atoms with E-state index >= 15 is 0 Å². The van der Waals surface area contributed by atoms with Crippen LogP contribution in [0.5, 0.6) is 5.75 Å². The highest BCUT2D eigenvalue weighted by Gasteiger charge is 2.38. The van der Waals surface area contributed by atoms with Crippen LogP contribution in [0.1, 0.15) is 44.2 Å². The Morgan fingerprint density at radius 1 is 1.04 bits per heavy atom. The van der Waals surface area contributed by atoms with E-state index in [1.165, 1.54) is 0 Å². The molecule has 2 atom stereocenters. The third-order valence-electron chi connectivity index (χ3n) is 4.39. The second-order valence-electron chi connectivity index (χ2n) is 7.50. The van der Waals surface area contributed by atoms with Crippen molar-refractivity contribution in [2.24, 2.45) is 4.99 Å². The molecule has 0 spiro atoms. The molecule has 0 fully saturated rings. The van der Waals surface area contributed by atoms with Gasteiger partial charge in [-0.3, -0.25) is 4.99 Å². The third kappa shape index (κ3) is 4.13. The number of hydrogen-bond acceptors (Lipinski definition) is 4. The summed E-state index contributed by atoms with van der Waals surface area (Å²) >= 11 is 0. The molecule has 0 saturated carbocycles. The van der Waals surface area contributed by atoms with Crippen LogP contribution in [0.4, 0.5) is 0 Å². The zero-order valence-corrected chi connectivity index (χ0v) is 15.7. The Morgan fingerprint density at radius 2 is 1.69 bits per heavy atom. The molecule has 136 valence electrons. The number of benzene rings is 2. The summed E-state index contributed by atoms with van der Waals surface area (Å²) in [6, 6.07) is 17.3. The van der Waals surface area contributed by atoms with Crippen LogP contribution in [0, 0.1) is 0 Å². The van der Waals surface area contributed by atoms with Gasteiger partial charge in [-0.1, -0.05) is 42.5 Å². The van der Waals surface area contributed by atoms with Gasteiger partial charge in [-0.25, -0.2) is 4.79 Å². The van der Waals surface area contributed by atoms with Gasteiger partial charge in [0.2, 0.25) is 0 Å². The Hall–Kier alpha value is -2.62. The fourth-order valence-electron chi connectivity index (χ4n) is 3.18. The van der Waals surface area contributed by atoms with Gasteiger partial charge in [0.25, 0.3) is 0 Å². The average molecular weight is 351 g/mol. The van der Waals surface area contributed by atoms with E-state index in [2.05, 4.69) is 0 Å². The van der Waals surface area contributed by atoms with Gasteiger partial charge in [0.1, 0.15) is 11.4 Å². The molecular formula is C22H25NO3. The van der Waals surface area contributed by atoms with Crippen molar-refractivity contribution in [3.8, 4) is 5.75 Å². The van der Waals surface area contributed by atoms with Gasteiger partial charge in [0, 0.05) is 11.6 Å². The first-order valence-corrected chi connectivity index (χ1v) is 8.86. The Labute approximate surface area is 154 Å². The average Bonchev–Trinajstić information content (AvgIpc) is 3.07. The van der Waals surface area contributed by atoms with Crippen LogP contribution in [0.2, 0.25) is 0 Å². The molecule has 0 radical (unpaired) electrons. The molecular weight excluding hydrogens is 326 g/mol. The fraction of sp³-hybridized carbons (Fsp3) is 0.364. The number of ether oxygens (including phenoxy) is 2. The van der Waals surface area contributed by atoms with Crippen molar-refractivity contribution in [2.45, 2.75) is 44.8 Å². The quantitative estimate of drug-likeness (QED) is 0.768. The van der Waals surface area contributed by atoms with E-state index in [1.54, 1.807) is 7.11 Å². The number of aliphatic imine (C=N–C) groups is 1. The number of esters is 1. The summed E-state index contributed by atoms with van der Waals surface area (Å²) in [6.45, 7) is 5.64. The van der Waals surface area contributed by atoms with Gasteiger partial charge in [-0.05, 0) is 50.5 Å². The van der Waals surface area contributed by atoms with E-state index in [0.717, 1.165) is 22.6 Å². The van der Waals surface area contributed by atoms with E-state index in [0.29, 0.717) is 6.42 Å². The number of rotatable bonds is 4. The zero-order valence-electron chi connectivity index (χ0n) is 15.7. The normalized spacial score (nSPS) is 19.8. The van der Waals surface area contributed by atoms with Crippen LogP contribution < -0.4 is 4.74 Å². The maximum Gasteiger partial charge on any atom is 0.332 e. The van der Waals surface area contributed by atoms with Gasteiger partial charge >= 0.3 is 5.97 Å². The van der Waals surface area contributed by atoms with Crippen molar-refractivity contribution < 1.29 is 14.3 Å². The second kappa shape index (κ2) is 7.32. The lowest BCUT2D eigenvalue weighted by Gasteiger charge is -2.24. The molecule has 0 amide bonds. The van der Waals surface area contributed by atoms with Crippen molar-refractivity contribution in [3.05, 3.63) is 65.7 Å². The molecule has 3 rings (SSSR count). The topological polar surface area (TPSA) is 47.9 Å². The molecule has 0 saturated heterocycles. The number of carbonyl (C=O) groups is 1. The minimum atomic E-state index is -0.535. The lowest BCUT2D eigenvalue weighted by Crippen LogP contribution is -2.32. The Morgan fingerprint density at radius 3 is 2.27 bits per heavy atom. The highest BCUT2D eigenvalue weighted by atomic mass is 16.6. The molecule has 0 bridgehead atoms. The number of hydrogen-bond donors (Lipinski definition) is 0. The predicted octanol–water partition coefficient (Wildman–Crippen LogP) is 4.38. The van der Waals surface area contributed by atoms with Crippen LogP contribution in [-0.4, -0.2) is 30.4 Å². The van der Waals surface area contributed by atoms with E-state index < -0.39 is 11.6 Å². The molecule has 0 N–H and O–H groups in total. The monoisotopic (exact) mass is 351 g/mol. The summed E-state index contributed by atoms with van der Waals surface area (Å²) in [5, 5.41) is 0. The van der Waals surface area contributed by atoms with Crippen molar-refractivity contribution in [3.63, 3.8) is 0 Å². The van der Waals surface area contributed by atoms with Crippen molar-refractivity contribution in [2.75, 3.05) is 7.11 Å². The summed E-state index contributed by atoms with van der Waals surface area (Å²) in [4.78, 5) is 17.5. The molecule has 4 heteroatoms. The molecule has 4 nitrogen and oxygen atoms in total. The summed E-state index contributed by atoms with van der Waals surface area (Å²) in [5.74, 6) is 0.486. The van der Waals surface area contributed by atoms with E-state index in [4.69, 9.17) is 14.5 Å². The van der Waals surface area contributed by atoms with Crippen molar-refractivity contribution in [1.82, 2.24) is 0 Å². The minimum Gasteiger partial charge on any atom is -0.497 e. The molecule has 1 aliphatic heterocycles. The molecule has 2 aromatic rings. The molecule has 1 aliphatic rings. The van der Waals surface area contributed by atoms with E-state index in [-0.39, 0.29) is 11.9 Å². The van der Waals surface area contributed by atoms with Crippen molar-refractivity contribution in [1.29, 1.82) is 0 Å². The Kier molecular flexibility index (Phi) is 5.12. The van der Waals surface area contributed by atoms with Crippen LogP contribution in [0.25, 0.3) is 0 Å². The third-order valence-corrected chi connectivity index (χ3v) is 4.39. The Bertz CT molecular complexity index is 788. The summed E-state index contributed by atoms with van der Waals surface area (Å²) in [5.41, 5.74) is 2.53. The first kappa shape index (κ1) is 18.2. The van der Waals surface area contributed by atoms with Gasteiger partial charge in [0.15, 0.2) is 6.04 Å². The van der Waals surface area contributed by atoms with Crippen molar-refractivity contribution >= 4 is 11.7 Å². The fourth-order valence-corrected chi connectivity index (χ4v) is 3.18. The second-order valence-corrected chi connectivity index (χ2v) is 7.50. The highest BCUT2D eigenvalue weighted by Crippen LogP contribution is 2.35. The highest BCUT2D eigenvalue weighted by molar-refractivity contribution is 6.04. The molecule has 0 aliphatic carbocycles. The van der Waals surface area contributed by atoms with E-state index in [9.17, 15) is 4.79 Å².